The summed E-state index contributed by atoms with van der Waals surface area (Å²) in [7, 11) is 0. The lowest BCUT2D eigenvalue weighted by atomic mass is 10.1. The Kier molecular flexibility index (Phi) is 5.95. The summed E-state index contributed by atoms with van der Waals surface area (Å²) >= 11 is 0. The van der Waals surface area contributed by atoms with E-state index in [0.29, 0.717) is 6.54 Å². The van der Waals surface area contributed by atoms with Gasteiger partial charge in [0.25, 0.3) is 5.91 Å². The molecule has 0 saturated carbocycles. The predicted octanol–water partition coefficient (Wildman–Crippen LogP) is 2.83. The minimum absolute atomic E-state index is 0.0495. The highest BCUT2D eigenvalue weighted by Crippen LogP contribution is 2.20. The lowest BCUT2D eigenvalue weighted by molar-refractivity contribution is -0.123. The van der Waals surface area contributed by atoms with E-state index in [1.165, 1.54) is 0 Å². The number of benzene rings is 1. The highest BCUT2D eigenvalue weighted by Gasteiger charge is 2.05. The van der Waals surface area contributed by atoms with Gasteiger partial charge in [0.2, 0.25) is 0 Å². The van der Waals surface area contributed by atoms with Gasteiger partial charge in [-0.1, -0.05) is 18.2 Å². The molecule has 22 heavy (non-hydrogen) atoms. The van der Waals surface area contributed by atoms with Crippen LogP contribution in [0.5, 0.6) is 5.75 Å². The fraction of sp³-hybridized carbons (Fsp3) is 0.333. The number of hydrogen-bond donors (Lipinski definition) is 1. The van der Waals surface area contributed by atoms with Crippen LogP contribution in [-0.2, 0) is 11.2 Å². The zero-order chi connectivity index (χ0) is 15.8. The monoisotopic (exact) mass is 298 g/mol. The first-order chi connectivity index (χ1) is 10.7. The van der Waals surface area contributed by atoms with Crippen LogP contribution >= 0.6 is 0 Å². The van der Waals surface area contributed by atoms with E-state index in [2.05, 4.69) is 10.3 Å². The Labute approximate surface area is 131 Å². The van der Waals surface area contributed by atoms with E-state index in [1.54, 1.807) is 6.20 Å². The van der Waals surface area contributed by atoms with Crippen LogP contribution in [0.25, 0.3) is 0 Å². The fourth-order valence-electron chi connectivity index (χ4n) is 2.12. The third-order valence-electron chi connectivity index (χ3n) is 3.57. The molecule has 0 radical (unpaired) electrons. The SMILES string of the molecule is Cc1cccc(OCC(=O)NCCCc2ccccn2)c1C. The Bertz CT molecular complexity index is 612. The Morgan fingerprint density at radius 3 is 2.82 bits per heavy atom. The van der Waals surface area contributed by atoms with Gasteiger partial charge in [-0.15, -0.1) is 0 Å². The van der Waals surface area contributed by atoms with Crippen molar-refractivity contribution >= 4 is 5.91 Å². The number of ether oxygens (including phenoxy) is 1. The summed E-state index contributed by atoms with van der Waals surface area (Å²) < 4.78 is 5.57. The molecule has 4 heteroatoms. The van der Waals surface area contributed by atoms with Gasteiger partial charge in [0.15, 0.2) is 6.61 Å². The van der Waals surface area contributed by atoms with Crippen LogP contribution in [0.1, 0.15) is 23.2 Å². The van der Waals surface area contributed by atoms with E-state index in [0.717, 1.165) is 35.4 Å². The van der Waals surface area contributed by atoms with E-state index >= 15 is 0 Å². The third-order valence-corrected chi connectivity index (χ3v) is 3.57. The van der Waals surface area contributed by atoms with Crippen LogP contribution in [0.2, 0.25) is 0 Å². The number of amides is 1. The molecule has 1 aromatic heterocycles. The molecule has 1 amide bonds. The zero-order valence-corrected chi connectivity index (χ0v) is 13.1. The lowest BCUT2D eigenvalue weighted by Crippen LogP contribution is -2.30. The molecule has 4 nitrogen and oxygen atoms in total. The quantitative estimate of drug-likeness (QED) is 0.800. The first-order valence-electron chi connectivity index (χ1n) is 7.52. The smallest absolute Gasteiger partial charge is 0.257 e. The topological polar surface area (TPSA) is 51.2 Å². The van der Waals surface area contributed by atoms with Crippen molar-refractivity contribution in [1.29, 1.82) is 0 Å². The number of nitrogens with zero attached hydrogens (tertiary/aromatic N) is 1. The van der Waals surface area contributed by atoms with Crippen molar-refractivity contribution in [2.45, 2.75) is 26.7 Å². The van der Waals surface area contributed by atoms with Gasteiger partial charge in [0, 0.05) is 18.4 Å². The minimum atomic E-state index is -0.0954. The van der Waals surface area contributed by atoms with Crippen molar-refractivity contribution in [2.24, 2.45) is 0 Å². The number of carbonyl (C=O) groups excluding carboxylic acids is 1. The number of nitrogens with one attached hydrogen (secondary N) is 1. The normalized spacial score (nSPS) is 10.3. The molecule has 1 N–H and O–H groups in total. The van der Waals surface area contributed by atoms with Crippen LogP contribution < -0.4 is 10.1 Å². The summed E-state index contributed by atoms with van der Waals surface area (Å²) in [5.74, 6) is 0.672. The maximum atomic E-state index is 11.8. The molecule has 0 unspecified atom stereocenters. The molecule has 0 aliphatic carbocycles. The number of aryl methyl sites for hydroxylation is 2. The summed E-state index contributed by atoms with van der Waals surface area (Å²) in [6, 6.07) is 11.7. The van der Waals surface area contributed by atoms with Crippen molar-refractivity contribution < 1.29 is 9.53 Å². The van der Waals surface area contributed by atoms with E-state index in [9.17, 15) is 4.79 Å². The number of carbonyl (C=O) groups is 1. The first kappa shape index (κ1) is 16.0. The van der Waals surface area contributed by atoms with Gasteiger partial charge in [-0.2, -0.15) is 0 Å². The molecule has 0 atom stereocenters. The van der Waals surface area contributed by atoms with E-state index in [-0.39, 0.29) is 12.5 Å². The van der Waals surface area contributed by atoms with Crippen molar-refractivity contribution in [3.05, 3.63) is 59.4 Å². The summed E-state index contributed by atoms with van der Waals surface area (Å²) in [6.07, 6.45) is 3.51. The number of hydrogen-bond acceptors (Lipinski definition) is 3. The second-order valence-corrected chi connectivity index (χ2v) is 5.26. The molecule has 0 spiro atoms. The molecule has 2 aromatic rings. The summed E-state index contributed by atoms with van der Waals surface area (Å²) in [6.45, 7) is 4.70. The van der Waals surface area contributed by atoms with Crippen molar-refractivity contribution in [1.82, 2.24) is 10.3 Å². The van der Waals surface area contributed by atoms with E-state index < -0.39 is 0 Å². The van der Waals surface area contributed by atoms with Crippen molar-refractivity contribution in [3.63, 3.8) is 0 Å². The van der Waals surface area contributed by atoms with Gasteiger partial charge in [-0.3, -0.25) is 9.78 Å². The average Bonchev–Trinajstić information content (AvgIpc) is 2.54. The molecule has 0 aliphatic rings. The molecule has 2 rings (SSSR count). The lowest BCUT2D eigenvalue weighted by Gasteiger charge is -2.11. The van der Waals surface area contributed by atoms with Crippen molar-refractivity contribution in [2.75, 3.05) is 13.2 Å². The highest BCUT2D eigenvalue weighted by molar-refractivity contribution is 5.77. The Balaban J connectivity index is 1.67. The molecule has 1 aromatic carbocycles. The van der Waals surface area contributed by atoms with E-state index in [1.807, 2.05) is 50.2 Å². The van der Waals surface area contributed by atoms with Gasteiger partial charge < -0.3 is 10.1 Å². The standard InChI is InChI=1S/C18H22N2O2/c1-14-7-5-10-17(15(14)2)22-13-18(21)20-12-6-9-16-8-3-4-11-19-16/h3-5,7-8,10-11H,6,9,12-13H2,1-2H3,(H,20,21). The average molecular weight is 298 g/mol. The predicted molar refractivity (Wildman–Crippen MR) is 87.0 cm³/mol. The maximum absolute atomic E-state index is 11.8. The summed E-state index contributed by atoms with van der Waals surface area (Å²) in [5, 5.41) is 2.87. The van der Waals surface area contributed by atoms with Crippen LogP contribution in [0.15, 0.2) is 42.6 Å². The second-order valence-electron chi connectivity index (χ2n) is 5.26. The molecule has 0 bridgehead atoms. The summed E-state index contributed by atoms with van der Waals surface area (Å²) in [4.78, 5) is 16.0. The van der Waals surface area contributed by atoms with Crippen LogP contribution in [0.4, 0.5) is 0 Å². The Morgan fingerprint density at radius 2 is 2.05 bits per heavy atom. The molecule has 0 saturated heterocycles. The van der Waals surface area contributed by atoms with Gasteiger partial charge >= 0.3 is 0 Å². The summed E-state index contributed by atoms with van der Waals surface area (Å²) in [5.41, 5.74) is 3.28. The first-order valence-corrected chi connectivity index (χ1v) is 7.52. The molecule has 116 valence electrons. The van der Waals surface area contributed by atoms with Gasteiger partial charge in [-0.05, 0) is 56.0 Å². The third kappa shape index (κ3) is 4.88. The molecule has 0 aliphatic heterocycles. The second kappa shape index (κ2) is 8.17. The number of rotatable bonds is 7. The largest absolute Gasteiger partial charge is 0.483 e. The highest BCUT2D eigenvalue weighted by atomic mass is 16.5. The molecule has 1 heterocycles. The van der Waals surface area contributed by atoms with Crippen LogP contribution in [-0.4, -0.2) is 24.0 Å². The number of pyridine rings is 1. The molecular formula is C18H22N2O2. The van der Waals surface area contributed by atoms with Crippen molar-refractivity contribution in [3.8, 4) is 5.75 Å². The fourth-order valence-corrected chi connectivity index (χ4v) is 2.12. The van der Waals surface area contributed by atoms with Gasteiger partial charge in [-0.25, -0.2) is 0 Å². The van der Waals surface area contributed by atoms with E-state index in [4.69, 9.17) is 4.74 Å². The van der Waals surface area contributed by atoms with Crippen LogP contribution in [0.3, 0.4) is 0 Å². The maximum Gasteiger partial charge on any atom is 0.257 e. The Morgan fingerprint density at radius 1 is 1.18 bits per heavy atom. The minimum Gasteiger partial charge on any atom is -0.483 e. The van der Waals surface area contributed by atoms with Crippen LogP contribution in [0, 0.1) is 13.8 Å². The van der Waals surface area contributed by atoms with Gasteiger partial charge in [0.1, 0.15) is 5.75 Å². The molecular weight excluding hydrogens is 276 g/mol. The number of aromatic nitrogens is 1. The molecule has 0 fully saturated rings. The zero-order valence-electron chi connectivity index (χ0n) is 13.1. The Hall–Kier alpha value is -2.36. The van der Waals surface area contributed by atoms with Gasteiger partial charge in [0.05, 0.1) is 0 Å².